The standard InChI is InChI=1S/C13H16O/c1-8-6-13(2)7-11(14)12(8)9-4-3-5-10(9)13/h3-4,6,9-10,12H,5,7H2,1-2H3/t9-,10+,12-,13-/m0/s1. The minimum absolute atomic E-state index is 0.157. The van der Waals surface area contributed by atoms with Gasteiger partial charge < -0.3 is 0 Å². The molecule has 0 aromatic heterocycles. The zero-order valence-corrected chi connectivity index (χ0v) is 8.79. The monoisotopic (exact) mass is 188 g/mol. The quantitative estimate of drug-likeness (QED) is 0.534. The highest BCUT2D eigenvalue weighted by atomic mass is 16.1. The lowest BCUT2D eigenvalue weighted by Gasteiger charge is -2.49. The zero-order valence-electron chi connectivity index (χ0n) is 8.79. The first-order chi connectivity index (χ1) is 6.62. The minimum Gasteiger partial charge on any atom is -0.299 e. The SMILES string of the molecule is CC1=C[C@@]2(C)CC(=O)[C@@H]1[C@H]1C=CC[C@H]12. The summed E-state index contributed by atoms with van der Waals surface area (Å²) in [5.74, 6) is 1.92. The summed E-state index contributed by atoms with van der Waals surface area (Å²) in [6, 6.07) is 0. The van der Waals surface area contributed by atoms with E-state index in [9.17, 15) is 4.79 Å². The van der Waals surface area contributed by atoms with Gasteiger partial charge in [0.25, 0.3) is 0 Å². The molecule has 4 atom stereocenters. The van der Waals surface area contributed by atoms with Crippen molar-refractivity contribution < 1.29 is 4.79 Å². The summed E-state index contributed by atoms with van der Waals surface area (Å²) in [6.07, 6.45) is 8.87. The van der Waals surface area contributed by atoms with Gasteiger partial charge in [-0.25, -0.2) is 0 Å². The van der Waals surface area contributed by atoms with Crippen molar-refractivity contribution in [1.82, 2.24) is 0 Å². The van der Waals surface area contributed by atoms with Crippen molar-refractivity contribution in [2.75, 3.05) is 0 Å². The Balaban J connectivity index is 2.16. The van der Waals surface area contributed by atoms with Crippen LogP contribution in [0.4, 0.5) is 0 Å². The summed E-state index contributed by atoms with van der Waals surface area (Å²) < 4.78 is 0. The number of hydrogen-bond donors (Lipinski definition) is 0. The maximum atomic E-state index is 11.9. The molecule has 0 unspecified atom stereocenters. The van der Waals surface area contributed by atoms with Crippen LogP contribution in [0.5, 0.6) is 0 Å². The number of carbonyl (C=O) groups is 1. The van der Waals surface area contributed by atoms with E-state index in [2.05, 4.69) is 32.1 Å². The fourth-order valence-electron chi connectivity index (χ4n) is 3.88. The molecule has 1 nitrogen and oxygen atoms in total. The number of hydrogen-bond acceptors (Lipinski definition) is 1. The summed E-state index contributed by atoms with van der Waals surface area (Å²) in [7, 11) is 0. The van der Waals surface area contributed by atoms with Gasteiger partial charge >= 0.3 is 0 Å². The molecular weight excluding hydrogens is 172 g/mol. The molecule has 1 fully saturated rings. The first-order valence-electron chi connectivity index (χ1n) is 5.50. The van der Waals surface area contributed by atoms with Gasteiger partial charge in [0.2, 0.25) is 0 Å². The Labute approximate surface area is 84.9 Å². The maximum Gasteiger partial charge on any atom is 0.141 e. The van der Waals surface area contributed by atoms with Gasteiger partial charge in [-0.1, -0.05) is 30.7 Å². The summed E-state index contributed by atoms with van der Waals surface area (Å²) in [5, 5.41) is 0. The molecule has 0 aromatic carbocycles. The van der Waals surface area contributed by atoms with Gasteiger partial charge in [0.1, 0.15) is 5.78 Å². The highest BCUT2D eigenvalue weighted by Gasteiger charge is 2.53. The van der Waals surface area contributed by atoms with E-state index in [-0.39, 0.29) is 11.3 Å². The van der Waals surface area contributed by atoms with Gasteiger partial charge in [-0.3, -0.25) is 4.79 Å². The molecule has 0 spiro atoms. The summed E-state index contributed by atoms with van der Waals surface area (Å²) >= 11 is 0. The first kappa shape index (κ1) is 8.46. The molecule has 14 heavy (non-hydrogen) atoms. The van der Waals surface area contributed by atoms with Crippen molar-refractivity contribution in [3.05, 3.63) is 23.8 Å². The normalized spacial score (nSPS) is 49.4. The molecule has 1 heteroatoms. The van der Waals surface area contributed by atoms with Gasteiger partial charge in [0.15, 0.2) is 0 Å². The molecule has 4 aliphatic rings. The van der Waals surface area contributed by atoms with Crippen molar-refractivity contribution in [1.29, 1.82) is 0 Å². The van der Waals surface area contributed by atoms with Crippen LogP contribution in [-0.2, 0) is 4.79 Å². The highest BCUT2D eigenvalue weighted by molar-refractivity contribution is 5.88. The molecular formula is C13H16O. The second kappa shape index (κ2) is 2.39. The lowest BCUT2D eigenvalue weighted by molar-refractivity contribution is -0.131. The number of ketones is 1. The molecule has 0 aliphatic heterocycles. The van der Waals surface area contributed by atoms with E-state index in [0.717, 1.165) is 6.42 Å². The van der Waals surface area contributed by atoms with Crippen molar-refractivity contribution in [2.45, 2.75) is 26.7 Å². The largest absolute Gasteiger partial charge is 0.299 e. The van der Waals surface area contributed by atoms with Crippen molar-refractivity contribution in [3.63, 3.8) is 0 Å². The molecule has 0 radical (unpaired) electrons. The Bertz CT molecular complexity index is 363. The fraction of sp³-hybridized carbons (Fsp3) is 0.615. The maximum absolute atomic E-state index is 11.9. The van der Waals surface area contributed by atoms with E-state index in [1.165, 1.54) is 12.0 Å². The molecule has 4 rings (SSSR count). The third-order valence-corrected chi connectivity index (χ3v) is 4.39. The zero-order chi connectivity index (χ0) is 9.92. The lowest BCUT2D eigenvalue weighted by Crippen LogP contribution is -2.48. The van der Waals surface area contributed by atoms with Crippen molar-refractivity contribution in [2.24, 2.45) is 23.2 Å². The Morgan fingerprint density at radius 3 is 3.00 bits per heavy atom. The van der Waals surface area contributed by atoms with Crippen LogP contribution in [0.15, 0.2) is 23.8 Å². The number of carbonyl (C=O) groups excluding carboxylic acids is 1. The molecule has 1 saturated carbocycles. The van der Waals surface area contributed by atoms with Crippen LogP contribution >= 0.6 is 0 Å². The average Bonchev–Trinajstić information content (AvgIpc) is 2.50. The summed E-state index contributed by atoms with van der Waals surface area (Å²) in [6.45, 7) is 4.39. The summed E-state index contributed by atoms with van der Waals surface area (Å²) in [4.78, 5) is 11.9. The third-order valence-electron chi connectivity index (χ3n) is 4.39. The van der Waals surface area contributed by atoms with E-state index in [0.29, 0.717) is 17.6 Å². The Morgan fingerprint density at radius 1 is 1.50 bits per heavy atom. The number of rotatable bonds is 0. The molecule has 74 valence electrons. The topological polar surface area (TPSA) is 17.1 Å². The summed E-state index contributed by atoms with van der Waals surface area (Å²) in [5.41, 5.74) is 1.47. The van der Waals surface area contributed by atoms with Crippen LogP contribution in [0.1, 0.15) is 26.7 Å². The number of Topliss-reactive ketones (excluding diaryl/α,β-unsaturated/α-hetero) is 1. The van der Waals surface area contributed by atoms with E-state index >= 15 is 0 Å². The third kappa shape index (κ3) is 0.832. The first-order valence-corrected chi connectivity index (χ1v) is 5.50. The van der Waals surface area contributed by atoms with E-state index in [1.54, 1.807) is 0 Å². The predicted octanol–water partition coefficient (Wildman–Crippen LogP) is 2.73. The molecule has 0 saturated heterocycles. The predicted molar refractivity (Wildman–Crippen MR) is 55.7 cm³/mol. The van der Waals surface area contributed by atoms with Crippen LogP contribution in [-0.4, -0.2) is 5.78 Å². The number of fused-ring (bicyclic) bond motifs is 1. The van der Waals surface area contributed by atoms with Gasteiger partial charge in [0, 0.05) is 12.3 Å². The molecule has 0 aromatic rings. The van der Waals surface area contributed by atoms with E-state index in [4.69, 9.17) is 0 Å². The smallest absolute Gasteiger partial charge is 0.141 e. The van der Waals surface area contributed by atoms with Crippen LogP contribution in [0.3, 0.4) is 0 Å². The number of allylic oxidation sites excluding steroid dienone is 4. The Kier molecular flexibility index (Phi) is 1.44. The van der Waals surface area contributed by atoms with Crippen LogP contribution in [0.2, 0.25) is 0 Å². The van der Waals surface area contributed by atoms with E-state index in [1.807, 2.05) is 0 Å². The molecule has 0 N–H and O–H groups in total. The Hall–Kier alpha value is -0.850. The second-order valence-corrected chi connectivity index (χ2v) is 5.36. The van der Waals surface area contributed by atoms with Gasteiger partial charge in [-0.15, -0.1) is 0 Å². The molecule has 0 heterocycles. The van der Waals surface area contributed by atoms with E-state index < -0.39 is 0 Å². The van der Waals surface area contributed by atoms with Crippen LogP contribution in [0, 0.1) is 23.2 Å². The van der Waals surface area contributed by atoms with Gasteiger partial charge in [0.05, 0.1) is 0 Å². The molecule has 4 aliphatic carbocycles. The fourth-order valence-corrected chi connectivity index (χ4v) is 3.88. The Morgan fingerprint density at radius 2 is 2.29 bits per heavy atom. The minimum atomic E-state index is 0.157. The van der Waals surface area contributed by atoms with Gasteiger partial charge in [-0.05, 0) is 30.6 Å². The van der Waals surface area contributed by atoms with Crippen LogP contribution in [0.25, 0.3) is 0 Å². The van der Waals surface area contributed by atoms with Crippen molar-refractivity contribution >= 4 is 5.78 Å². The lowest BCUT2D eigenvalue weighted by atomic mass is 9.53. The molecule has 2 bridgehead atoms. The van der Waals surface area contributed by atoms with Crippen LogP contribution < -0.4 is 0 Å². The second-order valence-electron chi connectivity index (χ2n) is 5.36. The molecule has 0 amide bonds. The van der Waals surface area contributed by atoms with Gasteiger partial charge in [-0.2, -0.15) is 0 Å². The highest BCUT2D eigenvalue weighted by Crippen LogP contribution is 2.57. The van der Waals surface area contributed by atoms with Crippen molar-refractivity contribution in [3.8, 4) is 0 Å². The average molecular weight is 188 g/mol.